The Bertz CT molecular complexity index is 3170. The maximum absolute atomic E-state index is 5.64. The Morgan fingerprint density at radius 3 is 1.93 bits per heavy atom. The van der Waals surface area contributed by atoms with Crippen LogP contribution in [0.15, 0.2) is 174 Å². The van der Waals surface area contributed by atoms with Gasteiger partial charge in [-0.1, -0.05) is 185 Å². The van der Waals surface area contributed by atoms with Gasteiger partial charge < -0.3 is 0 Å². The maximum atomic E-state index is 5.64. The SMILES string of the molecule is CC1(C)c2ccccc2-c2c1ccc1c2c2c(c3c1c1ccccc1n3C1=NC3C=CC=CC3C(c3ccc(-c4ccccc4)cc3)=N1)C(C)(C)c1ccccc1-2. The van der Waals surface area contributed by atoms with Crippen molar-refractivity contribution in [3.63, 3.8) is 0 Å². The van der Waals surface area contributed by atoms with Crippen LogP contribution in [0.5, 0.6) is 0 Å². The smallest absolute Gasteiger partial charge is 0.230 e. The van der Waals surface area contributed by atoms with Crippen LogP contribution in [0.2, 0.25) is 0 Å². The quantitative estimate of drug-likeness (QED) is 0.169. The summed E-state index contributed by atoms with van der Waals surface area (Å²) in [6.07, 6.45) is 8.80. The molecule has 0 fully saturated rings. The average Bonchev–Trinajstić information content (AvgIpc) is 3.81. The standard InChI is InChI=1S/C54H41N3/c1-53(2)40-22-12-8-18-35(40)46-42(53)31-30-39-45-38-21-11-15-25-44(38)57(51(45)49-48(47(39)46)36-19-9-13-23-41(36)54(49,3)4)52-55-43-24-14-10-20-37(43)50(56-52)34-28-26-33(27-29-34)32-16-6-5-7-17-32/h5-31,37,43H,1-4H3. The molecule has 2 atom stereocenters. The molecular formula is C54H41N3. The first kappa shape index (κ1) is 32.6. The number of benzene rings is 7. The van der Waals surface area contributed by atoms with Gasteiger partial charge in [0.05, 0.1) is 22.8 Å². The van der Waals surface area contributed by atoms with Crippen LogP contribution in [0.3, 0.4) is 0 Å². The number of aromatic nitrogens is 1. The van der Waals surface area contributed by atoms with Crippen molar-refractivity contribution in [1.82, 2.24) is 4.57 Å². The lowest BCUT2D eigenvalue weighted by molar-refractivity contribution is 0.661. The molecule has 7 aromatic carbocycles. The van der Waals surface area contributed by atoms with E-state index in [2.05, 4.69) is 196 Å². The zero-order valence-electron chi connectivity index (χ0n) is 32.6. The van der Waals surface area contributed by atoms with Crippen molar-refractivity contribution in [1.29, 1.82) is 0 Å². The van der Waals surface area contributed by atoms with E-state index < -0.39 is 0 Å². The van der Waals surface area contributed by atoms with Crippen LogP contribution in [0.4, 0.5) is 0 Å². The van der Waals surface area contributed by atoms with Crippen molar-refractivity contribution >= 4 is 44.2 Å². The van der Waals surface area contributed by atoms with Gasteiger partial charge >= 0.3 is 0 Å². The fourth-order valence-corrected chi connectivity index (χ4v) is 10.9. The van der Waals surface area contributed by atoms with Crippen molar-refractivity contribution in [2.24, 2.45) is 15.9 Å². The van der Waals surface area contributed by atoms with E-state index in [1.165, 1.54) is 82.7 Å². The van der Waals surface area contributed by atoms with Crippen LogP contribution in [0, 0.1) is 5.92 Å². The third-order valence-electron chi connectivity index (χ3n) is 13.5. The van der Waals surface area contributed by atoms with E-state index in [1.807, 2.05) is 0 Å². The van der Waals surface area contributed by atoms with E-state index in [1.54, 1.807) is 0 Å². The molecule has 2 heterocycles. The van der Waals surface area contributed by atoms with Crippen LogP contribution in [-0.4, -0.2) is 22.3 Å². The van der Waals surface area contributed by atoms with Crippen molar-refractivity contribution in [3.8, 4) is 33.4 Å². The van der Waals surface area contributed by atoms with Gasteiger partial charge in [0.2, 0.25) is 5.96 Å². The Kier molecular flexibility index (Phi) is 6.58. The second kappa shape index (κ2) is 11.5. The first-order valence-corrected chi connectivity index (χ1v) is 20.3. The lowest BCUT2D eigenvalue weighted by Gasteiger charge is -2.29. The Hall–Kier alpha value is -6.58. The van der Waals surface area contributed by atoms with Crippen molar-refractivity contribution in [2.45, 2.75) is 44.6 Å². The highest BCUT2D eigenvalue weighted by atomic mass is 15.2. The molecule has 0 spiro atoms. The number of rotatable bonds is 2. The van der Waals surface area contributed by atoms with Gasteiger partial charge in [0.25, 0.3) is 0 Å². The van der Waals surface area contributed by atoms with Crippen molar-refractivity contribution in [2.75, 3.05) is 0 Å². The number of aliphatic imine (C=N–C) groups is 2. The summed E-state index contributed by atoms with van der Waals surface area (Å²) >= 11 is 0. The van der Waals surface area contributed by atoms with Crippen molar-refractivity contribution in [3.05, 3.63) is 192 Å². The fraction of sp³-hybridized carbons (Fsp3) is 0.148. The summed E-state index contributed by atoms with van der Waals surface area (Å²) in [5, 5.41) is 5.15. The molecule has 3 heteroatoms. The summed E-state index contributed by atoms with van der Waals surface area (Å²) in [6, 6.07) is 51.4. The summed E-state index contributed by atoms with van der Waals surface area (Å²) in [7, 11) is 0. The fourth-order valence-electron chi connectivity index (χ4n) is 10.9. The second-order valence-electron chi connectivity index (χ2n) is 17.2. The Balaban J connectivity index is 1.20. The summed E-state index contributed by atoms with van der Waals surface area (Å²) in [4.78, 5) is 11.2. The minimum absolute atomic E-state index is 0.0488. The van der Waals surface area contributed by atoms with E-state index in [-0.39, 0.29) is 22.8 Å². The monoisotopic (exact) mass is 731 g/mol. The van der Waals surface area contributed by atoms with E-state index in [9.17, 15) is 0 Å². The van der Waals surface area contributed by atoms with Gasteiger partial charge in [-0.25, -0.2) is 9.98 Å². The van der Waals surface area contributed by atoms with Gasteiger partial charge in [0.1, 0.15) is 0 Å². The number of hydrogen-bond acceptors (Lipinski definition) is 2. The van der Waals surface area contributed by atoms with Crippen molar-refractivity contribution < 1.29 is 0 Å². The first-order chi connectivity index (χ1) is 27.8. The van der Waals surface area contributed by atoms with Gasteiger partial charge in [-0.3, -0.25) is 4.57 Å². The topological polar surface area (TPSA) is 29.6 Å². The van der Waals surface area contributed by atoms with Gasteiger partial charge in [-0.2, -0.15) is 0 Å². The molecule has 0 bridgehead atoms. The van der Waals surface area contributed by atoms with Crippen LogP contribution in [-0.2, 0) is 10.8 Å². The molecule has 12 rings (SSSR count). The highest BCUT2D eigenvalue weighted by Crippen LogP contribution is 2.60. The highest BCUT2D eigenvalue weighted by molar-refractivity contribution is 6.31. The normalized spacial score (nSPS) is 19.2. The Morgan fingerprint density at radius 1 is 0.509 bits per heavy atom. The largest absolute Gasteiger partial charge is 0.278 e. The van der Waals surface area contributed by atoms with Gasteiger partial charge in [0, 0.05) is 27.5 Å². The van der Waals surface area contributed by atoms with Crippen LogP contribution in [0.1, 0.15) is 55.5 Å². The number of nitrogens with zero attached hydrogens (tertiary/aromatic N) is 3. The van der Waals surface area contributed by atoms with Gasteiger partial charge in [-0.05, 0) is 78.0 Å². The zero-order valence-corrected chi connectivity index (χ0v) is 32.6. The lowest BCUT2D eigenvalue weighted by Crippen LogP contribution is -2.33. The molecule has 4 aliphatic rings. The molecule has 8 aromatic rings. The van der Waals surface area contributed by atoms with E-state index in [4.69, 9.17) is 9.98 Å². The molecule has 3 aliphatic carbocycles. The summed E-state index contributed by atoms with van der Waals surface area (Å²) in [6.45, 7) is 9.62. The van der Waals surface area contributed by atoms with Crippen LogP contribution >= 0.6 is 0 Å². The first-order valence-electron chi connectivity index (χ1n) is 20.3. The number of para-hydroxylation sites is 1. The number of fused-ring (bicyclic) bond motifs is 15. The minimum atomic E-state index is -0.286. The molecule has 0 saturated carbocycles. The van der Waals surface area contributed by atoms with Crippen LogP contribution in [0.25, 0.3) is 66.0 Å². The molecule has 57 heavy (non-hydrogen) atoms. The third kappa shape index (κ3) is 4.32. The molecule has 2 unspecified atom stereocenters. The second-order valence-corrected chi connectivity index (χ2v) is 17.2. The van der Waals surface area contributed by atoms with Crippen LogP contribution < -0.4 is 0 Å². The molecule has 1 aliphatic heterocycles. The lowest BCUT2D eigenvalue weighted by atomic mass is 9.79. The molecule has 0 saturated heterocycles. The summed E-state index contributed by atoms with van der Waals surface area (Å²) in [5.74, 6) is 0.790. The van der Waals surface area contributed by atoms with E-state index in [0.29, 0.717) is 0 Å². The molecular weight excluding hydrogens is 691 g/mol. The molecule has 272 valence electrons. The van der Waals surface area contributed by atoms with E-state index in [0.717, 1.165) is 22.8 Å². The molecule has 0 N–H and O–H groups in total. The zero-order chi connectivity index (χ0) is 38.2. The predicted octanol–water partition coefficient (Wildman–Crippen LogP) is 13.0. The molecule has 0 radical (unpaired) electrons. The predicted molar refractivity (Wildman–Crippen MR) is 239 cm³/mol. The van der Waals surface area contributed by atoms with Gasteiger partial charge in [-0.15, -0.1) is 0 Å². The highest BCUT2D eigenvalue weighted by Gasteiger charge is 2.44. The Morgan fingerprint density at radius 2 is 1.14 bits per heavy atom. The Labute approximate surface area is 333 Å². The molecule has 3 nitrogen and oxygen atoms in total. The third-order valence-corrected chi connectivity index (χ3v) is 13.5. The maximum Gasteiger partial charge on any atom is 0.230 e. The number of hydrogen-bond donors (Lipinski definition) is 0. The number of allylic oxidation sites excluding steroid dienone is 2. The summed E-state index contributed by atoms with van der Waals surface area (Å²) in [5.41, 5.74) is 17.4. The molecule has 1 aromatic heterocycles. The summed E-state index contributed by atoms with van der Waals surface area (Å²) < 4.78 is 2.42. The molecule has 0 amide bonds. The minimum Gasteiger partial charge on any atom is -0.278 e. The average molecular weight is 732 g/mol. The van der Waals surface area contributed by atoms with Gasteiger partial charge in [0.15, 0.2) is 0 Å². The van der Waals surface area contributed by atoms with E-state index >= 15 is 0 Å².